The Kier molecular flexibility index (Phi) is 5.11. The maximum absolute atomic E-state index is 12.1. The first kappa shape index (κ1) is 15.3. The molecule has 1 aromatic carbocycles. The number of rotatable bonds is 5. The van der Waals surface area contributed by atoms with Crippen molar-refractivity contribution in [1.82, 2.24) is 14.9 Å². The Bertz CT molecular complexity index is 611. The van der Waals surface area contributed by atoms with E-state index < -0.39 is 0 Å². The van der Waals surface area contributed by atoms with Crippen LogP contribution in [0.5, 0.6) is 0 Å². The number of hydrogen-bond donors (Lipinski definition) is 1. The van der Waals surface area contributed by atoms with Crippen molar-refractivity contribution in [3.8, 4) is 0 Å². The molecule has 0 bridgehead atoms. The Morgan fingerprint density at radius 3 is 2.57 bits per heavy atom. The van der Waals surface area contributed by atoms with Crippen molar-refractivity contribution in [3.05, 3.63) is 47.4 Å². The van der Waals surface area contributed by atoms with Gasteiger partial charge in [0.15, 0.2) is 0 Å². The normalized spacial score (nSPS) is 10.2. The van der Waals surface area contributed by atoms with E-state index >= 15 is 0 Å². The van der Waals surface area contributed by atoms with Crippen LogP contribution in [-0.2, 0) is 0 Å². The maximum atomic E-state index is 12.1. The smallest absolute Gasteiger partial charge is 0.274 e. The quantitative estimate of drug-likeness (QED) is 0.920. The molecule has 2 rings (SSSR count). The molecule has 0 aliphatic carbocycles. The summed E-state index contributed by atoms with van der Waals surface area (Å²) in [5, 5.41) is 3.73. The fraction of sp³-hybridized carbons (Fsp3) is 0.267. The minimum absolute atomic E-state index is 0.109. The predicted octanol–water partition coefficient (Wildman–Crippen LogP) is 3.36. The molecule has 0 spiro atoms. The number of amides is 1. The van der Waals surface area contributed by atoms with E-state index in [0.717, 1.165) is 5.69 Å². The highest BCUT2D eigenvalue weighted by Crippen LogP contribution is 2.18. The van der Waals surface area contributed by atoms with Crippen molar-refractivity contribution < 1.29 is 4.79 Å². The fourth-order valence-corrected chi connectivity index (χ4v) is 2.08. The third-order valence-corrected chi connectivity index (χ3v) is 3.25. The largest absolute Gasteiger partial charge is 0.339 e. The summed E-state index contributed by atoms with van der Waals surface area (Å²) in [6, 6.07) is 7.31. The highest BCUT2D eigenvalue weighted by molar-refractivity contribution is 6.30. The number of anilines is 2. The molecule has 21 heavy (non-hydrogen) atoms. The second-order valence-corrected chi connectivity index (χ2v) is 4.84. The lowest BCUT2D eigenvalue weighted by molar-refractivity contribution is 0.0766. The van der Waals surface area contributed by atoms with Crippen molar-refractivity contribution in [2.45, 2.75) is 13.8 Å². The summed E-state index contributed by atoms with van der Waals surface area (Å²) >= 11 is 5.92. The molecular weight excluding hydrogens is 288 g/mol. The molecule has 0 saturated carbocycles. The van der Waals surface area contributed by atoms with Gasteiger partial charge in [-0.1, -0.05) is 17.7 Å². The molecule has 1 N–H and O–H groups in total. The van der Waals surface area contributed by atoms with Crippen molar-refractivity contribution >= 4 is 29.0 Å². The second-order valence-electron chi connectivity index (χ2n) is 4.40. The van der Waals surface area contributed by atoms with Gasteiger partial charge in [-0.25, -0.2) is 9.97 Å². The Morgan fingerprint density at radius 2 is 2.00 bits per heavy atom. The average Bonchev–Trinajstić information content (AvgIpc) is 2.49. The molecule has 0 radical (unpaired) electrons. The monoisotopic (exact) mass is 304 g/mol. The molecule has 1 aromatic heterocycles. The molecule has 0 unspecified atom stereocenters. The number of benzene rings is 1. The second kappa shape index (κ2) is 7.04. The SMILES string of the molecule is CCN(CC)C(=O)c1cnc(Nc2cccc(Cl)c2)cn1. The molecule has 0 atom stereocenters. The Balaban J connectivity index is 2.10. The van der Waals surface area contributed by atoms with Gasteiger partial charge in [-0.15, -0.1) is 0 Å². The zero-order valence-electron chi connectivity index (χ0n) is 12.0. The zero-order chi connectivity index (χ0) is 15.2. The maximum Gasteiger partial charge on any atom is 0.274 e. The van der Waals surface area contributed by atoms with Crippen LogP contribution in [-0.4, -0.2) is 33.9 Å². The summed E-state index contributed by atoms with van der Waals surface area (Å²) in [5.41, 5.74) is 1.16. The third kappa shape index (κ3) is 3.92. The van der Waals surface area contributed by atoms with Gasteiger partial charge in [0, 0.05) is 23.8 Å². The van der Waals surface area contributed by atoms with Crippen LogP contribution in [0.2, 0.25) is 5.02 Å². The molecule has 1 heterocycles. The number of aromatic nitrogens is 2. The van der Waals surface area contributed by atoms with E-state index in [-0.39, 0.29) is 5.91 Å². The minimum Gasteiger partial charge on any atom is -0.339 e. The third-order valence-electron chi connectivity index (χ3n) is 3.02. The van der Waals surface area contributed by atoms with Crippen LogP contribution in [0.1, 0.15) is 24.3 Å². The van der Waals surface area contributed by atoms with Crippen molar-refractivity contribution in [1.29, 1.82) is 0 Å². The lowest BCUT2D eigenvalue weighted by Crippen LogP contribution is -2.31. The van der Waals surface area contributed by atoms with Crippen LogP contribution >= 0.6 is 11.6 Å². The van der Waals surface area contributed by atoms with Crippen LogP contribution in [0, 0.1) is 0 Å². The number of carbonyl (C=O) groups is 1. The Labute approximate surface area is 129 Å². The molecular formula is C15H17ClN4O. The van der Waals surface area contributed by atoms with Crippen LogP contribution in [0.3, 0.4) is 0 Å². The van der Waals surface area contributed by atoms with E-state index in [1.807, 2.05) is 26.0 Å². The van der Waals surface area contributed by atoms with E-state index in [1.54, 1.807) is 17.0 Å². The number of halogens is 1. The molecule has 1 amide bonds. The van der Waals surface area contributed by atoms with Crippen molar-refractivity contribution in [3.63, 3.8) is 0 Å². The fourth-order valence-electron chi connectivity index (χ4n) is 1.89. The first-order valence-electron chi connectivity index (χ1n) is 6.78. The summed E-state index contributed by atoms with van der Waals surface area (Å²) in [7, 11) is 0. The van der Waals surface area contributed by atoms with E-state index in [2.05, 4.69) is 15.3 Å². The minimum atomic E-state index is -0.109. The molecule has 0 fully saturated rings. The molecule has 0 aliphatic rings. The van der Waals surface area contributed by atoms with Crippen LogP contribution < -0.4 is 5.32 Å². The average molecular weight is 305 g/mol. The van der Waals surface area contributed by atoms with Gasteiger partial charge < -0.3 is 10.2 Å². The number of nitrogens with zero attached hydrogens (tertiary/aromatic N) is 3. The number of carbonyl (C=O) groups excluding carboxylic acids is 1. The summed E-state index contributed by atoms with van der Waals surface area (Å²) in [6.07, 6.45) is 3.02. The summed E-state index contributed by atoms with van der Waals surface area (Å²) in [4.78, 5) is 22.2. The highest BCUT2D eigenvalue weighted by Gasteiger charge is 2.14. The first-order valence-corrected chi connectivity index (χ1v) is 7.15. The lowest BCUT2D eigenvalue weighted by atomic mass is 10.3. The Morgan fingerprint density at radius 1 is 1.24 bits per heavy atom. The zero-order valence-corrected chi connectivity index (χ0v) is 12.8. The molecule has 2 aromatic rings. The molecule has 0 saturated heterocycles. The molecule has 5 nitrogen and oxygen atoms in total. The predicted molar refractivity (Wildman–Crippen MR) is 84.0 cm³/mol. The summed E-state index contributed by atoms with van der Waals surface area (Å²) in [5.74, 6) is 0.454. The van der Waals surface area contributed by atoms with Gasteiger partial charge in [0.25, 0.3) is 5.91 Å². The van der Waals surface area contributed by atoms with Crippen molar-refractivity contribution in [2.75, 3.05) is 18.4 Å². The van der Waals surface area contributed by atoms with Gasteiger partial charge in [-0.3, -0.25) is 4.79 Å². The van der Waals surface area contributed by atoms with Gasteiger partial charge in [-0.05, 0) is 32.0 Å². The van der Waals surface area contributed by atoms with E-state index in [0.29, 0.717) is 29.6 Å². The molecule has 110 valence electrons. The standard InChI is InChI=1S/C15H17ClN4O/c1-3-20(4-2)15(21)13-9-18-14(10-17-13)19-12-7-5-6-11(16)8-12/h5-10H,3-4H2,1-2H3,(H,18,19). The van der Waals surface area contributed by atoms with Gasteiger partial charge in [0.05, 0.1) is 12.4 Å². The number of nitrogens with one attached hydrogen (secondary N) is 1. The molecule has 0 aliphatic heterocycles. The van der Waals surface area contributed by atoms with Gasteiger partial charge in [0.1, 0.15) is 11.5 Å². The van der Waals surface area contributed by atoms with E-state index in [1.165, 1.54) is 12.4 Å². The Hall–Kier alpha value is -2.14. The van der Waals surface area contributed by atoms with Crippen LogP contribution in [0.25, 0.3) is 0 Å². The van der Waals surface area contributed by atoms with E-state index in [4.69, 9.17) is 11.6 Å². The van der Waals surface area contributed by atoms with Crippen LogP contribution in [0.4, 0.5) is 11.5 Å². The summed E-state index contributed by atoms with van der Waals surface area (Å²) < 4.78 is 0. The molecule has 6 heteroatoms. The van der Waals surface area contributed by atoms with Crippen molar-refractivity contribution in [2.24, 2.45) is 0 Å². The topological polar surface area (TPSA) is 58.1 Å². The lowest BCUT2D eigenvalue weighted by Gasteiger charge is -2.17. The van der Waals surface area contributed by atoms with Crippen LogP contribution in [0.15, 0.2) is 36.7 Å². The number of hydrogen-bond acceptors (Lipinski definition) is 4. The van der Waals surface area contributed by atoms with E-state index in [9.17, 15) is 4.79 Å². The first-order chi connectivity index (χ1) is 10.1. The van der Waals surface area contributed by atoms with Gasteiger partial charge in [-0.2, -0.15) is 0 Å². The van der Waals surface area contributed by atoms with Gasteiger partial charge >= 0.3 is 0 Å². The summed E-state index contributed by atoms with van der Waals surface area (Å²) in [6.45, 7) is 5.17. The van der Waals surface area contributed by atoms with Gasteiger partial charge in [0.2, 0.25) is 0 Å². The highest BCUT2D eigenvalue weighted by atomic mass is 35.5.